The van der Waals surface area contributed by atoms with Crippen LogP contribution in [0.25, 0.3) is 0 Å². The van der Waals surface area contributed by atoms with Gasteiger partial charge >= 0.3 is 0 Å². The van der Waals surface area contributed by atoms with Crippen molar-refractivity contribution in [3.8, 4) is 0 Å². The first kappa shape index (κ1) is 20.1. The quantitative estimate of drug-likeness (QED) is 0.323. The summed E-state index contributed by atoms with van der Waals surface area (Å²) in [4.78, 5) is 0. The normalized spacial score (nSPS) is 15.4. The maximum Gasteiger partial charge on any atom is 0.0315 e. The van der Waals surface area contributed by atoms with E-state index in [1.807, 2.05) is 0 Å². The van der Waals surface area contributed by atoms with E-state index >= 15 is 0 Å². The molecule has 1 unspecified atom stereocenters. The third kappa shape index (κ3) is 4.33. The maximum absolute atomic E-state index is 2.43. The SMILES string of the molecule is C1=CC(P(c2ccccc2)c2ccccc2)C(P(c2ccccc2)c2ccccc2)=C1. The lowest BCUT2D eigenvalue weighted by atomic mass is 10.4. The minimum atomic E-state index is -0.590. The van der Waals surface area contributed by atoms with E-state index in [1.54, 1.807) is 5.31 Å². The van der Waals surface area contributed by atoms with Gasteiger partial charge in [-0.25, -0.2) is 0 Å². The van der Waals surface area contributed by atoms with E-state index in [0.29, 0.717) is 5.66 Å². The average Bonchev–Trinajstić information content (AvgIpc) is 3.31. The number of benzene rings is 4. The number of allylic oxidation sites excluding steroid dienone is 4. The van der Waals surface area contributed by atoms with Crippen LogP contribution in [0.2, 0.25) is 0 Å². The van der Waals surface area contributed by atoms with Gasteiger partial charge in [-0.15, -0.1) is 0 Å². The fraction of sp³-hybridized carbons (Fsp3) is 0.0345. The summed E-state index contributed by atoms with van der Waals surface area (Å²) in [5, 5.41) is 7.25. The molecule has 1 aliphatic carbocycles. The van der Waals surface area contributed by atoms with Gasteiger partial charge in [-0.05, 0) is 42.4 Å². The molecule has 150 valence electrons. The molecule has 0 saturated heterocycles. The van der Waals surface area contributed by atoms with Crippen molar-refractivity contribution in [1.29, 1.82) is 0 Å². The van der Waals surface area contributed by atoms with Crippen molar-refractivity contribution >= 4 is 37.1 Å². The van der Waals surface area contributed by atoms with Crippen LogP contribution < -0.4 is 21.2 Å². The Labute approximate surface area is 187 Å². The maximum atomic E-state index is 2.43. The highest BCUT2D eigenvalue weighted by Gasteiger charge is 2.33. The van der Waals surface area contributed by atoms with Crippen molar-refractivity contribution in [3.63, 3.8) is 0 Å². The van der Waals surface area contributed by atoms with E-state index < -0.39 is 15.8 Å². The highest BCUT2D eigenvalue weighted by atomic mass is 31.1. The van der Waals surface area contributed by atoms with Crippen LogP contribution in [0, 0.1) is 0 Å². The van der Waals surface area contributed by atoms with Gasteiger partial charge in [0.05, 0.1) is 0 Å². The lowest BCUT2D eigenvalue weighted by molar-refractivity contribution is 1.40. The molecule has 2 heteroatoms. The average molecular weight is 434 g/mol. The Morgan fingerprint density at radius 3 is 1.26 bits per heavy atom. The van der Waals surface area contributed by atoms with Crippen LogP contribution in [-0.2, 0) is 0 Å². The van der Waals surface area contributed by atoms with Crippen LogP contribution in [0.5, 0.6) is 0 Å². The van der Waals surface area contributed by atoms with Crippen molar-refractivity contribution in [1.82, 2.24) is 0 Å². The van der Waals surface area contributed by atoms with Gasteiger partial charge in [-0.1, -0.05) is 140 Å². The summed E-state index contributed by atoms with van der Waals surface area (Å²) in [6.45, 7) is 0. The van der Waals surface area contributed by atoms with Gasteiger partial charge in [0, 0.05) is 5.66 Å². The second-order valence-corrected chi connectivity index (χ2v) is 12.0. The summed E-state index contributed by atoms with van der Waals surface area (Å²) in [5.74, 6) is 0. The van der Waals surface area contributed by atoms with Gasteiger partial charge in [-0.2, -0.15) is 0 Å². The zero-order chi connectivity index (χ0) is 20.9. The Morgan fingerprint density at radius 1 is 0.452 bits per heavy atom. The first-order valence-corrected chi connectivity index (χ1v) is 13.3. The van der Waals surface area contributed by atoms with E-state index in [-0.39, 0.29) is 0 Å². The molecule has 0 aliphatic heterocycles. The first-order chi connectivity index (χ1) is 15.4. The van der Waals surface area contributed by atoms with Crippen molar-refractivity contribution in [2.45, 2.75) is 5.66 Å². The second kappa shape index (κ2) is 9.57. The largest absolute Gasteiger partial charge is 0.0721 e. The van der Waals surface area contributed by atoms with Gasteiger partial charge < -0.3 is 0 Å². The van der Waals surface area contributed by atoms with Crippen molar-refractivity contribution in [2.24, 2.45) is 0 Å². The fourth-order valence-corrected chi connectivity index (χ4v) is 9.79. The standard InChI is InChI=1S/C29H24P2/c1-5-14-24(15-6-1)30(25-16-7-2-8-17-25)28-22-13-23-29(28)31(26-18-9-3-10-19-26)27-20-11-4-12-21-27/h1-23,28H. The van der Waals surface area contributed by atoms with Crippen LogP contribution in [0.4, 0.5) is 0 Å². The summed E-state index contributed by atoms with van der Waals surface area (Å²) in [6, 6.07) is 44.2. The van der Waals surface area contributed by atoms with E-state index in [2.05, 4.69) is 140 Å². The van der Waals surface area contributed by atoms with Gasteiger partial charge in [0.25, 0.3) is 0 Å². The van der Waals surface area contributed by atoms with Crippen LogP contribution in [-0.4, -0.2) is 5.66 Å². The monoisotopic (exact) mass is 434 g/mol. The molecule has 0 N–H and O–H groups in total. The van der Waals surface area contributed by atoms with Gasteiger partial charge in [0.1, 0.15) is 0 Å². The van der Waals surface area contributed by atoms with Crippen molar-refractivity contribution < 1.29 is 0 Å². The molecule has 4 aromatic carbocycles. The van der Waals surface area contributed by atoms with Gasteiger partial charge in [-0.3, -0.25) is 0 Å². The molecular formula is C29H24P2. The Morgan fingerprint density at radius 2 is 0.839 bits per heavy atom. The molecule has 0 nitrogen and oxygen atoms in total. The third-order valence-corrected chi connectivity index (χ3v) is 11.0. The third-order valence-electron chi connectivity index (χ3n) is 5.50. The topological polar surface area (TPSA) is 0 Å². The molecule has 0 amide bonds. The predicted molar refractivity (Wildman–Crippen MR) is 139 cm³/mol. The summed E-state index contributed by atoms with van der Waals surface area (Å²) in [7, 11) is -1.13. The Kier molecular flexibility index (Phi) is 6.22. The minimum Gasteiger partial charge on any atom is -0.0721 e. The predicted octanol–water partition coefficient (Wildman–Crippen LogP) is 6.07. The molecule has 0 saturated carbocycles. The molecule has 4 aromatic rings. The van der Waals surface area contributed by atoms with E-state index in [0.717, 1.165) is 0 Å². The van der Waals surface area contributed by atoms with Gasteiger partial charge in [0.15, 0.2) is 0 Å². The molecule has 1 aliphatic rings. The Hall–Kier alpha value is -2.78. The minimum absolute atomic E-state index is 0.395. The molecule has 5 rings (SSSR count). The van der Waals surface area contributed by atoms with Crippen LogP contribution in [0.3, 0.4) is 0 Å². The van der Waals surface area contributed by atoms with Crippen LogP contribution in [0.1, 0.15) is 0 Å². The smallest absolute Gasteiger partial charge is 0.0315 e. The molecule has 31 heavy (non-hydrogen) atoms. The van der Waals surface area contributed by atoms with E-state index in [4.69, 9.17) is 0 Å². The Balaban J connectivity index is 1.63. The molecule has 0 aromatic heterocycles. The van der Waals surface area contributed by atoms with Crippen molar-refractivity contribution in [2.75, 3.05) is 0 Å². The van der Waals surface area contributed by atoms with Gasteiger partial charge in [0.2, 0.25) is 0 Å². The fourth-order valence-electron chi connectivity index (χ4n) is 4.13. The van der Waals surface area contributed by atoms with E-state index in [1.165, 1.54) is 21.2 Å². The lowest BCUT2D eigenvalue weighted by Crippen LogP contribution is -2.24. The zero-order valence-electron chi connectivity index (χ0n) is 17.3. The number of hydrogen-bond acceptors (Lipinski definition) is 0. The molecule has 0 fully saturated rings. The van der Waals surface area contributed by atoms with Crippen molar-refractivity contribution in [3.05, 3.63) is 145 Å². The number of hydrogen-bond donors (Lipinski definition) is 0. The van der Waals surface area contributed by atoms with Crippen LogP contribution >= 0.6 is 15.8 Å². The highest BCUT2D eigenvalue weighted by Crippen LogP contribution is 2.56. The van der Waals surface area contributed by atoms with E-state index in [9.17, 15) is 0 Å². The lowest BCUT2D eigenvalue weighted by Gasteiger charge is -2.31. The molecule has 0 spiro atoms. The molecule has 0 bridgehead atoms. The summed E-state index contributed by atoms with van der Waals surface area (Å²) < 4.78 is 0. The molecule has 0 heterocycles. The first-order valence-electron chi connectivity index (χ1n) is 10.6. The highest BCUT2D eigenvalue weighted by molar-refractivity contribution is 7.80. The van der Waals surface area contributed by atoms with Crippen LogP contribution in [0.15, 0.2) is 145 Å². The number of rotatable bonds is 6. The Bertz CT molecular complexity index is 1090. The second-order valence-electron chi connectivity index (χ2n) is 7.47. The molecular weight excluding hydrogens is 410 g/mol. The summed E-state index contributed by atoms with van der Waals surface area (Å²) >= 11 is 0. The molecule has 1 atom stereocenters. The molecule has 0 radical (unpaired) electrons. The summed E-state index contributed by atoms with van der Waals surface area (Å²) in [6.07, 6.45) is 7.10. The zero-order valence-corrected chi connectivity index (χ0v) is 19.0. The summed E-state index contributed by atoms with van der Waals surface area (Å²) in [5.41, 5.74) is 0.395.